The number of nitrogens with zero attached hydrogens (tertiary/aromatic N) is 1. The van der Waals surface area contributed by atoms with Crippen LogP contribution in [0.15, 0.2) is 47.5 Å². The van der Waals surface area contributed by atoms with Crippen molar-refractivity contribution in [2.75, 3.05) is 6.26 Å². The number of aryl methyl sites for hydroxylation is 1. The van der Waals surface area contributed by atoms with Gasteiger partial charge in [-0.05, 0) is 48.6 Å². The number of aromatic nitrogens is 1. The summed E-state index contributed by atoms with van der Waals surface area (Å²) in [6, 6.07) is 10.6. The number of hydrogen-bond acceptors (Lipinski definition) is 4. The van der Waals surface area contributed by atoms with Crippen molar-refractivity contribution in [2.24, 2.45) is 0 Å². The zero-order valence-corrected chi connectivity index (χ0v) is 14.3. The Morgan fingerprint density at radius 2 is 2.12 bits per heavy atom. The van der Waals surface area contributed by atoms with Gasteiger partial charge >= 0.3 is 0 Å². The number of benzene rings is 1. The van der Waals surface area contributed by atoms with Crippen LogP contribution in [0.5, 0.6) is 0 Å². The van der Waals surface area contributed by atoms with Gasteiger partial charge in [0.2, 0.25) is 5.91 Å². The molecule has 0 fully saturated rings. The van der Waals surface area contributed by atoms with Crippen molar-refractivity contribution in [3.05, 3.63) is 59.4 Å². The average molecular weight is 344 g/mol. The first-order valence-electron chi connectivity index (χ1n) is 7.95. The highest BCUT2D eigenvalue weighted by atomic mass is 32.2. The first-order chi connectivity index (χ1) is 11.4. The Balaban J connectivity index is 1.71. The first kappa shape index (κ1) is 16.6. The summed E-state index contributed by atoms with van der Waals surface area (Å²) in [5.74, 6) is -0.285. The van der Waals surface area contributed by atoms with Gasteiger partial charge in [0.15, 0.2) is 9.84 Å². The number of hydrogen-bond donors (Lipinski definition) is 1. The lowest BCUT2D eigenvalue weighted by Crippen LogP contribution is -2.31. The number of pyridine rings is 1. The van der Waals surface area contributed by atoms with Crippen LogP contribution in [0.3, 0.4) is 0 Å². The first-order valence-corrected chi connectivity index (χ1v) is 9.85. The zero-order valence-electron chi connectivity index (χ0n) is 13.5. The number of sulfone groups is 1. The van der Waals surface area contributed by atoms with E-state index in [9.17, 15) is 13.2 Å². The molecule has 6 heteroatoms. The van der Waals surface area contributed by atoms with Gasteiger partial charge in [-0.1, -0.05) is 18.2 Å². The minimum Gasteiger partial charge on any atom is -0.351 e. The highest BCUT2D eigenvalue weighted by molar-refractivity contribution is 7.90. The molecule has 0 bridgehead atoms. The van der Waals surface area contributed by atoms with Gasteiger partial charge in [-0.15, -0.1) is 0 Å². The van der Waals surface area contributed by atoms with Gasteiger partial charge in [0.05, 0.1) is 16.5 Å². The van der Waals surface area contributed by atoms with Gasteiger partial charge in [-0.25, -0.2) is 8.42 Å². The van der Waals surface area contributed by atoms with Gasteiger partial charge in [0.25, 0.3) is 0 Å². The lowest BCUT2D eigenvalue weighted by Gasteiger charge is -2.23. The molecule has 1 aromatic heterocycles. The molecule has 2 aromatic rings. The van der Waals surface area contributed by atoms with Crippen LogP contribution in [0, 0.1) is 0 Å². The molecule has 3 rings (SSSR count). The van der Waals surface area contributed by atoms with Crippen LogP contribution in [0.25, 0.3) is 0 Å². The third-order valence-electron chi connectivity index (χ3n) is 4.30. The van der Waals surface area contributed by atoms with Crippen LogP contribution in [0.2, 0.25) is 0 Å². The summed E-state index contributed by atoms with van der Waals surface area (Å²) in [6.45, 7) is 0.306. The smallest absolute Gasteiger partial charge is 0.229 e. The molecule has 1 unspecified atom stereocenters. The zero-order chi connectivity index (χ0) is 17.2. The predicted octanol–water partition coefficient (Wildman–Crippen LogP) is 2.22. The van der Waals surface area contributed by atoms with Crippen LogP contribution in [-0.4, -0.2) is 25.6 Å². The van der Waals surface area contributed by atoms with Gasteiger partial charge in [0.1, 0.15) is 0 Å². The average Bonchev–Trinajstić information content (AvgIpc) is 2.58. The molecule has 0 saturated carbocycles. The number of carbonyl (C=O) groups excluding carboxylic acids is 1. The summed E-state index contributed by atoms with van der Waals surface area (Å²) < 4.78 is 23.2. The molecule has 0 aliphatic heterocycles. The predicted molar refractivity (Wildman–Crippen MR) is 91.3 cm³/mol. The number of fused-ring (bicyclic) bond motifs is 1. The van der Waals surface area contributed by atoms with E-state index in [1.165, 1.54) is 6.26 Å². The van der Waals surface area contributed by atoms with E-state index in [-0.39, 0.29) is 16.7 Å². The summed E-state index contributed by atoms with van der Waals surface area (Å²) in [7, 11) is -3.25. The maximum Gasteiger partial charge on any atom is 0.229 e. The topological polar surface area (TPSA) is 76.1 Å². The molecule has 126 valence electrons. The third kappa shape index (κ3) is 3.64. The van der Waals surface area contributed by atoms with E-state index < -0.39 is 9.84 Å². The summed E-state index contributed by atoms with van der Waals surface area (Å²) >= 11 is 0. The Bertz CT molecular complexity index is 862. The standard InChI is InChI=1S/C18H20N2O3S/c1-24(22,23)15-8-2-5-13(11-15)12-20-18(21)16-9-3-6-14-7-4-10-19-17(14)16/h2,4-5,7-8,10-11,16H,3,6,9,12H2,1H3,(H,20,21). The second-order valence-corrected chi connectivity index (χ2v) is 8.15. The minimum atomic E-state index is -3.25. The Hall–Kier alpha value is -2.21. The molecule has 24 heavy (non-hydrogen) atoms. The highest BCUT2D eigenvalue weighted by Crippen LogP contribution is 2.29. The van der Waals surface area contributed by atoms with Crippen molar-refractivity contribution < 1.29 is 13.2 Å². The molecule has 1 atom stereocenters. The number of nitrogens with one attached hydrogen (secondary N) is 1. The molecular weight excluding hydrogens is 324 g/mol. The van der Waals surface area contributed by atoms with Gasteiger partial charge in [0, 0.05) is 19.0 Å². The molecular formula is C18H20N2O3S. The molecule has 1 amide bonds. The van der Waals surface area contributed by atoms with Crippen LogP contribution >= 0.6 is 0 Å². The summed E-state index contributed by atoms with van der Waals surface area (Å²) in [5, 5.41) is 2.91. The number of rotatable bonds is 4. The monoisotopic (exact) mass is 344 g/mol. The second-order valence-electron chi connectivity index (χ2n) is 6.13. The lowest BCUT2D eigenvalue weighted by molar-refractivity contribution is -0.123. The van der Waals surface area contributed by atoms with Crippen molar-refractivity contribution >= 4 is 15.7 Å². The van der Waals surface area contributed by atoms with E-state index >= 15 is 0 Å². The van der Waals surface area contributed by atoms with Crippen molar-refractivity contribution in [1.82, 2.24) is 10.3 Å². The van der Waals surface area contributed by atoms with E-state index in [4.69, 9.17) is 0 Å². The fraction of sp³-hybridized carbons (Fsp3) is 0.333. The van der Waals surface area contributed by atoms with Crippen LogP contribution in [0.1, 0.15) is 35.6 Å². The summed E-state index contributed by atoms with van der Waals surface area (Å²) in [4.78, 5) is 17.2. The number of amides is 1. The van der Waals surface area contributed by atoms with Gasteiger partial charge in [-0.2, -0.15) is 0 Å². The maximum atomic E-state index is 12.5. The van der Waals surface area contributed by atoms with Crippen LogP contribution in [-0.2, 0) is 27.6 Å². The van der Waals surface area contributed by atoms with Crippen LogP contribution in [0.4, 0.5) is 0 Å². The minimum absolute atomic E-state index is 0.0561. The normalized spacial score (nSPS) is 17.1. The third-order valence-corrected chi connectivity index (χ3v) is 5.42. The van der Waals surface area contributed by atoms with Crippen molar-refractivity contribution in [3.63, 3.8) is 0 Å². The summed E-state index contributed by atoms with van der Waals surface area (Å²) in [6.07, 6.45) is 5.62. The molecule has 1 heterocycles. The molecule has 0 radical (unpaired) electrons. The largest absolute Gasteiger partial charge is 0.351 e. The van der Waals surface area contributed by atoms with Crippen molar-refractivity contribution in [1.29, 1.82) is 0 Å². The van der Waals surface area contributed by atoms with E-state index in [0.717, 1.165) is 36.1 Å². The highest BCUT2D eigenvalue weighted by Gasteiger charge is 2.27. The van der Waals surface area contributed by atoms with Crippen LogP contribution < -0.4 is 5.32 Å². The van der Waals surface area contributed by atoms with Gasteiger partial charge in [-0.3, -0.25) is 9.78 Å². The molecule has 1 aromatic carbocycles. The molecule has 1 aliphatic carbocycles. The Labute approximate surface area is 142 Å². The van der Waals surface area contributed by atoms with Crippen molar-refractivity contribution in [3.8, 4) is 0 Å². The lowest BCUT2D eigenvalue weighted by atomic mass is 9.86. The SMILES string of the molecule is CS(=O)(=O)c1cccc(CNC(=O)C2CCCc3cccnc32)c1. The maximum absolute atomic E-state index is 12.5. The number of carbonyl (C=O) groups is 1. The quantitative estimate of drug-likeness (QED) is 0.923. The van der Waals surface area contributed by atoms with E-state index in [2.05, 4.69) is 10.3 Å². The van der Waals surface area contributed by atoms with Gasteiger partial charge < -0.3 is 5.32 Å². The summed E-state index contributed by atoms with van der Waals surface area (Å²) in [5.41, 5.74) is 2.78. The van der Waals surface area contributed by atoms with E-state index in [1.54, 1.807) is 24.4 Å². The Morgan fingerprint density at radius 3 is 2.92 bits per heavy atom. The second kappa shape index (κ2) is 6.73. The Kier molecular flexibility index (Phi) is 4.66. The van der Waals surface area contributed by atoms with E-state index in [1.807, 2.05) is 18.2 Å². The molecule has 0 spiro atoms. The fourth-order valence-corrected chi connectivity index (χ4v) is 3.75. The molecule has 1 N–H and O–H groups in total. The van der Waals surface area contributed by atoms with E-state index in [0.29, 0.717) is 6.54 Å². The molecule has 1 aliphatic rings. The molecule has 0 saturated heterocycles. The fourth-order valence-electron chi connectivity index (χ4n) is 3.06. The molecule has 5 nitrogen and oxygen atoms in total. The van der Waals surface area contributed by atoms with Crippen molar-refractivity contribution in [2.45, 2.75) is 36.6 Å². The Morgan fingerprint density at radius 1 is 1.29 bits per heavy atom.